The van der Waals surface area contributed by atoms with Gasteiger partial charge in [-0.1, -0.05) is 28.1 Å². The second-order valence-electron chi connectivity index (χ2n) is 5.13. The second-order valence-corrected chi connectivity index (χ2v) is 6.05. The molecule has 6 heteroatoms. The maximum Gasteiger partial charge on any atom is 0.338 e. The largest absolute Gasteiger partial charge is 0.457 e. The van der Waals surface area contributed by atoms with E-state index in [1.54, 1.807) is 0 Å². The molecule has 1 aliphatic heterocycles. The van der Waals surface area contributed by atoms with Crippen LogP contribution in [-0.2, 0) is 11.3 Å². The first kappa shape index (κ1) is 15.4. The number of carbonyl (C=O) groups is 3. The summed E-state index contributed by atoms with van der Waals surface area (Å²) in [4.78, 5) is 36.9. The van der Waals surface area contributed by atoms with Crippen LogP contribution >= 0.6 is 15.9 Å². The quantitative estimate of drug-likeness (QED) is 0.612. The normalized spacial score (nSPS) is 13.2. The number of fused-ring (bicyclic) bond motifs is 1. The van der Waals surface area contributed by atoms with Crippen LogP contribution in [0, 0.1) is 0 Å². The first-order valence-electron chi connectivity index (χ1n) is 6.85. The van der Waals surface area contributed by atoms with Crippen molar-refractivity contribution in [2.45, 2.75) is 6.61 Å². The Kier molecular flexibility index (Phi) is 4.00. The van der Waals surface area contributed by atoms with Crippen LogP contribution in [0.4, 0.5) is 0 Å². The monoisotopic (exact) mass is 373 g/mol. The zero-order chi connectivity index (χ0) is 16.6. The molecule has 0 radical (unpaired) electrons. The van der Waals surface area contributed by atoms with E-state index in [4.69, 9.17) is 4.74 Å². The van der Waals surface area contributed by atoms with Gasteiger partial charge in [0.2, 0.25) is 0 Å². The molecule has 2 aromatic rings. The summed E-state index contributed by atoms with van der Waals surface area (Å²) in [5.41, 5.74) is 1.64. The molecule has 116 valence electrons. The Morgan fingerprint density at radius 3 is 2.39 bits per heavy atom. The third-order valence-electron chi connectivity index (χ3n) is 3.61. The van der Waals surface area contributed by atoms with E-state index in [0.717, 1.165) is 14.9 Å². The third kappa shape index (κ3) is 2.90. The van der Waals surface area contributed by atoms with E-state index in [9.17, 15) is 14.4 Å². The molecule has 5 nitrogen and oxygen atoms in total. The smallest absolute Gasteiger partial charge is 0.338 e. The predicted octanol–water partition coefficient (Wildman–Crippen LogP) is 3.03. The van der Waals surface area contributed by atoms with Crippen molar-refractivity contribution in [2.24, 2.45) is 0 Å². The first-order valence-corrected chi connectivity index (χ1v) is 7.64. The van der Waals surface area contributed by atoms with Gasteiger partial charge in [0.15, 0.2) is 0 Å². The van der Waals surface area contributed by atoms with E-state index in [2.05, 4.69) is 15.9 Å². The molecule has 1 heterocycles. The van der Waals surface area contributed by atoms with Crippen LogP contribution in [0.5, 0.6) is 0 Å². The lowest BCUT2D eigenvalue weighted by molar-refractivity contribution is 0.0472. The molecule has 0 saturated heterocycles. The van der Waals surface area contributed by atoms with Gasteiger partial charge >= 0.3 is 5.97 Å². The standard InChI is InChI=1S/C17H12BrNO4/c1-19-15(20)13-7-4-11(8-14(13)16(19)21)17(22)23-9-10-2-5-12(18)6-3-10/h2-8H,9H2,1H3. The summed E-state index contributed by atoms with van der Waals surface area (Å²) < 4.78 is 6.18. The molecule has 0 aromatic heterocycles. The number of rotatable bonds is 3. The SMILES string of the molecule is CN1C(=O)c2ccc(C(=O)OCc3ccc(Br)cc3)cc2C1=O. The van der Waals surface area contributed by atoms with Gasteiger partial charge in [0.05, 0.1) is 16.7 Å². The number of ether oxygens (including phenoxy) is 1. The fraction of sp³-hybridized carbons (Fsp3) is 0.118. The highest BCUT2D eigenvalue weighted by atomic mass is 79.9. The van der Waals surface area contributed by atoms with Crippen molar-refractivity contribution < 1.29 is 19.1 Å². The maximum atomic E-state index is 12.1. The van der Waals surface area contributed by atoms with Gasteiger partial charge in [-0.25, -0.2) is 4.79 Å². The molecule has 0 bridgehead atoms. The molecule has 3 rings (SSSR count). The highest BCUT2D eigenvalue weighted by molar-refractivity contribution is 9.10. The van der Waals surface area contributed by atoms with Crippen LogP contribution in [0.3, 0.4) is 0 Å². The van der Waals surface area contributed by atoms with E-state index < -0.39 is 11.9 Å². The number of carbonyl (C=O) groups excluding carboxylic acids is 3. The van der Waals surface area contributed by atoms with Gasteiger partial charge in [0.1, 0.15) is 6.61 Å². The molecule has 1 aliphatic rings. The summed E-state index contributed by atoms with van der Waals surface area (Å²) in [7, 11) is 1.41. The highest BCUT2D eigenvalue weighted by Gasteiger charge is 2.33. The van der Waals surface area contributed by atoms with Crippen molar-refractivity contribution in [1.82, 2.24) is 4.90 Å². The van der Waals surface area contributed by atoms with E-state index in [1.165, 1.54) is 25.2 Å². The minimum absolute atomic E-state index is 0.135. The van der Waals surface area contributed by atoms with Crippen molar-refractivity contribution in [3.63, 3.8) is 0 Å². The zero-order valence-electron chi connectivity index (χ0n) is 12.2. The van der Waals surface area contributed by atoms with Crippen LogP contribution in [0.1, 0.15) is 36.6 Å². The Hall–Kier alpha value is -2.47. The number of nitrogens with zero attached hydrogens (tertiary/aromatic N) is 1. The van der Waals surface area contributed by atoms with Gasteiger partial charge in [0, 0.05) is 11.5 Å². The summed E-state index contributed by atoms with van der Waals surface area (Å²) in [6, 6.07) is 11.8. The molecular formula is C17H12BrNO4. The summed E-state index contributed by atoms with van der Waals surface area (Å²) in [6.45, 7) is 0.135. The number of halogens is 1. The first-order chi connectivity index (χ1) is 11.0. The molecule has 0 spiro atoms. The van der Waals surface area contributed by atoms with Gasteiger partial charge in [0.25, 0.3) is 11.8 Å². The van der Waals surface area contributed by atoms with E-state index >= 15 is 0 Å². The van der Waals surface area contributed by atoms with E-state index in [1.807, 2.05) is 24.3 Å². The van der Waals surface area contributed by atoms with Gasteiger partial charge < -0.3 is 4.74 Å². The molecule has 0 N–H and O–H groups in total. The van der Waals surface area contributed by atoms with Gasteiger partial charge in [-0.05, 0) is 35.9 Å². The number of imide groups is 1. The van der Waals surface area contributed by atoms with Crippen molar-refractivity contribution in [2.75, 3.05) is 7.05 Å². The Morgan fingerprint density at radius 2 is 1.70 bits per heavy atom. The summed E-state index contributed by atoms with van der Waals surface area (Å²) in [5.74, 6) is -1.31. The molecular weight excluding hydrogens is 362 g/mol. The Morgan fingerprint density at radius 1 is 1.04 bits per heavy atom. The summed E-state index contributed by atoms with van der Waals surface area (Å²) in [6.07, 6.45) is 0. The summed E-state index contributed by atoms with van der Waals surface area (Å²) >= 11 is 3.33. The molecule has 0 aliphatic carbocycles. The topological polar surface area (TPSA) is 63.7 Å². The van der Waals surface area contributed by atoms with Crippen molar-refractivity contribution in [3.8, 4) is 0 Å². The predicted molar refractivity (Wildman–Crippen MR) is 86.1 cm³/mol. The lowest BCUT2D eigenvalue weighted by Crippen LogP contribution is -2.24. The lowest BCUT2D eigenvalue weighted by atomic mass is 10.1. The van der Waals surface area contributed by atoms with Crippen LogP contribution in [-0.4, -0.2) is 29.7 Å². The molecule has 0 unspecified atom stereocenters. The fourth-order valence-corrected chi connectivity index (χ4v) is 2.57. The molecule has 0 saturated carbocycles. The van der Waals surface area contributed by atoms with Crippen molar-refractivity contribution in [3.05, 3.63) is 69.2 Å². The average molecular weight is 374 g/mol. The fourth-order valence-electron chi connectivity index (χ4n) is 2.30. The Labute approximate surface area is 141 Å². The van der Waals surface area contributed by atoms with Crippen LogP contribution < -0.4 is 0 Å². The number of benzene rings is 2. The maximum absolute atomic E-state index is 12.1. The van der Waals surface area contributed by atoms with Crippen LogP contribution in [0.25, 0.3) is 0 Å². The van der Waals surface area contributed by atoms with Gasteiger partial charge in [-0.15, -0.1) is 0 Å². The van der Waals surface area contributed by atoms with Crippen molar-refractivity contribution >= 4 is 33.7 Å². The third-order valence-corrected chi connectivity index (χ3v) is 4.14. The molecule has 0 fully saturated rings. The van der Waals surface area contributed by atoms with Gasteiger partial charge in [-0.3, -0.25) is 14.5 Å². The highest BCUT2D eigenvalue weighted by Crippen LogP contribution is 2.23. The number of amides is 2. The number of esters is 1. The van der Waals surface area contributed by atoms with E-state index in [-0.39, 0.29) is 23.6 Å². The number of hydrogen-bond acceptors (Lipinski definition) is 4. The lowest BCUT2D eigenvalue weighted by Gasteiger charge is -2.06. The molecule has 23 heavy (non-hydrogen) atoms. The molecule has 0 atom stereocenters. The Balaban J connectivity index is 1.75. The minimum atomic E-state index is -0.537. The molecule has 2 aromatic carbocycles. The number of hydrogen-bond donors (Lipinski definition) is 0. The average Bonchev–Trinajstić information content (AvgIpc) is 2.78. The zero-order valence-corrected chi connectivity index (χ0v) is 13.8. The van der Waals surface area contributed by atoms with Crippen LogP contribution in [0.2, 0.25) is 0 Å². The van der Waals surface area contributed by atoms with Crippen molar-refractivity contribution in [1.29, 1.82) is 0 Å². The second kappa shape index (κ2) is 5.96. The minimum Gasteiger partial charge on any atom is -0.457 e. The summed E-state index contributed by atoms with van der Waals surface area (Å²) in [5, 5.41) is 0. The van der Waals surface area contributed by atoms with Crippen LogP contribution in [0.15, 0.2) is 46.9 Å². The van der Waals surface area contributed by atoms with Gasteiger partial charge in [-0.2, -0.15) is 0 Å². The van der Waals surface area contributed by atoms with E-state index in [0.29, 0.717) is 5.56 Å². The Bertz CT molecular complexity index is 814. The molecule has 2 amide bonds.